The monoisotopic (exact) mass is 322 g/mol. The Bertz CT molecular complexity index is 804. The van der Waals surface area contributed by atoms with Crippen molar-refractivity contribution in [2.24, 2.45) is 0 Å². The third-order valence-electron chi connectivity index (χ3n) is 2.96. The molecule has 0 unspecified atom stereocenters. The standard InChI is InChI=1S/C15H15FN2O3S/c1-18(2)22(20,21)14-8-3-5-11(9-14)15(19)17-13-7-4-6-12(16)10-13/h3-10H,1-2H3,(H,17,19). The van der Waals surface area contributed by atoms with Gasteiger partial charge in [-0.05, 0) is 36.4 Å². The number of benzene rings is 2. The summed E-state index contributed by atoms with van der Waals surface area (Å²) in [6, 6.07) is 11.1. The Morgan fingerprint density at radius 1 is 1.09 bits per heavy atom. The number of nitrogens with one attached hydrogen (secondary N) is 1. The summed E-state index contributed by atoms with van der Waals surface area (Å²) in [5.74, 6) is -0.983. The number of hydrogen-bond donors (Lipinski definition) is 1. The fraction of sp³-hybridized carbons (Fsp3) is 0.133. The molecule has 0 aliphatic rings. The first kappa shape index (κ1) is 16.1. The SMILES string of the molecule is CN(C)S(=O)(=O)c1cccc(C(=O)Nc2cccc(F)c2)c1. The summed E-state index contributed by atoms with van der Waals surface area (Å²) in [7, 11) is -0.796. The maximum atomic E-state index is 13.1. The average Bonchev–Trinajstić information content (AvgIpc) is 2.47. The van der Waals surface area contributed by atoms with E-state index in [0.717, 1.165) is 4.31 Å². The number of nitrogens with zero attached hydrogens (tertiary/aromatic N) is 1. The summed E-state index contributed by atoms with van der Waals surface area (Å²) in [5.41, 5.74) is 0.470. The molecule has 22 heavy (non-hydrogen) atoms. The number of carbonyl (C=O) groups is 1. The molecule has 1 amide bonds. The molecule has 0 aliphatic carbocycles. The molecule has 116 valence electrons. The van der Waals surface area contributed by atoms with E-state index >= 15 is 0 Å². The zero-order valence-corrected chi connectivity index (χ0v) is 12.9. The van der Waals surface area contributed by atoms with Gasteiger partial charge in [0, 0.05) is 25.3 Å². The van der Waals surface area contributed by atoms with Crippen molar-refractivity contribution in [2.45, 2.75) is 4.90 Å². The molecule has 7 heteroatoms. The van der Waals surface area contributed by atoms with Crippen molar-refractivity contribution in [1.82, 2.24) is 4.31 Å². The molecule has 0 aromatic heterocycles. The van der Waals surface area contributed by atoms with Crippen LogP contribution in [-0.4, -0.2) is 32.7 Å². The highest BCUT2D eigenvalue weighted by atomic mass is 32.2. The number of sulfonamides is 1. The van der Waals surface area contributed by atoms with Gasteiger partial charge in [0.15, 0.2) is 0 Å². The summed E-state index contributed by atoms with van der Waals surface area (Å²) in [4.78, 5) is 12.2. The van der Waals surface area contributed by atoms with Gasteiger partial charge in [-0.2, -0.15) is 0 Å². The van der Waals surface area contributed by atoms with Gasteiger partial charge in [0.1, 0.15) is 5.82 Å². The first-order valence-corrected chi connectivity index (χ1v) is 7.84. The van der Waals surface area contributed by atoms with Crippen molar-refractivity contribution in [3.8, 4) is 0 Å². The molecular weight excluding hydrogens is 307 g/mol. The molecule has 0 fully saturated rings. The predicted molar refractivity (Wildman–Crippen MR) is 81.7 cm³/mol. The second kappa shape index (κ2) is 6.25. The van der Waals surface area contributed by atoms with E-state index in [4.69, 9.17) is 0 Å². The minimum Gasteiger partial charge on any atom is -0.322 e. The van der Waals surface area contributed by atoms with Crippen molar-refractivity contribution in [3.63, 3.8) is 0 Å². The molecule has 0 saturated heterocycles. The zero-order chi connectivity index (χ0) is 16.3. The smallest absolute Gasteiger partial charge is 0.255 e. The summed E-state index contributed by atoms with van der Waals surface area (Å²) in [6.07, 6.45) is 0. The van der Waals surface area contributed by atoms with E-state index < -0.39 is 21.7 Å². The molecule has 0 atom stereocenters. The minimum atomic E-state index is -3.62. The normalized spacial score (nSPS) is 11.5. The Balaban J connectivity index is 2.28. The van der Waals surface area contributed by atoms with E-state index in [1.807, 2.05) is 0 Å². The van der Waals surface area contributed by atoms with Crippen molar-refractivity contribution in [2.75, 3.05) is 19.4 Å². The molecule has 2 aromatic carbocycles. The van der Waals surface area contributed by atoms with Gasteiger partial charge >= 0.3 is 0 Å². The summed E-state index contributed by atoms with van der Waals surface area (Å²) in [5, 5.41) is 2.52. The fourth-order valence-corrected chi connectivity index (χ4v) is 2.73. The highest BCUT2D eigenvalue weighted by molar-refractivity contribution is 7.89. The quantitative estimate of drug-likeness (QED) is 0.939. The molecule has 2 aromatic rings. The number of halogens is 1. The fourth-order valence-electron chi connectivity index (χ4n) is 1.78. The number of carbonyl (C=O) groups excluding carboxylic acids is 1. The minimum absolute atomic E-state index is 0.0180. The lowest BCUT2D eigenvalue weighted by Gasteiger charge is -2.12. The molecule has 0 bridgehead atoms. The van der Waals surface area contributed by atoms with Gasteiger partial charge in [-0.25, -0.2) is 17.1 Å². The first-order valence-electron chi connectivity index (χ1n) is 6.40. The lowest BCUT2D eigenvalue weighted by molar-refractivity contribution is 0.102. The molecule has 0 spiro atoms. The van der Waals surface area contributed by atoms with E-state index in [0.29, 0.717) is 5.69 Å². The van der Waals surface area contributed by atoms with Gasteiger partial charge < -0.3 is 5.32 Å². The van der Waals surface area contributed by atoms with Crippen LogP contribution >= 0.6 is 0 Å². The molecule has 5 nitrogen and oxygen atoms in total. The molecule has 0 saturated carbocycles. The molecule has 0 heterocycles. The van der Waals surface area contributed by atoms with E-state index in [2.05, 4.69) is 5.32 Å². The van der Waals surface area contributed by atoms with Crippen LogP contribution in [0.15, 0.2) is 53.4 Å². The third kappa shape index (κ3) is 3.49. The van der Waals surface area contributed by atoms with Crippen LogP contribution in [0.3, 0.4) is 0 Å². The maximum Gasteiger partial charge on any atom is 0.255 e. The van der Waals surface area contributed by atoms with Crippen molar-refractivity contribution < 1.29 is 17.6 Å². The number of rotatable bonds is 4. The van der Waals surface area contributed by atoms with E-state index in [9.17, 15) is 17.6 Å². The third-order valence-corrected chi connectivity index (χ3v) is 4.77. The highest BCUT2D eigenvalue weighted by Gasteiger charge is 2.18. The number of amides is 1. The van der Waals surface area contributed by atoms with Gasteiger partial charge in [-0.15, -0.1) is 0 Å². The Morgan fingerprint density at radius 2 is 1.77 bits per heavy atom. The summed E-state index contributed by atoms with van der Waals surface area (Å²) in [6.45, 7) is 0. The Labute approximate surface area is 128 Å². The largest absolute Gasteiger partial charge is 0.322 e. The predicted octanol–water partition coefficient (Wildman–Crippen LogP) is 2.33. The highest BCUT2D eigenvalue weighted by Crippen LogP contribution is 2.16. The molecule has 0 aliphatic heterocycles. The van der Waals surface area contributed by atoms with Gasteiger partial charge in [0.05, 0.1) is 4.90 Å². The molecule has 0 radical (unpaired) electrons. The Hall–Kier alpha value is -2.25. The summed E-state index contributed by atoms with van der Waals surface area (Å²) < 4.78 is 38.3. The van der Waals surface area contributed by atoms with Crippen LogP contribution in [-0.2, 0) is 10.0 Å². The number of anilines is 1. The number of hydrogen-bond acceptors (Lipinski definition) is 3. The van der Waals surface area contributed by atoms with Crippen LogP contribution in [0.25, 0.3) is 0 Å². The first-order chi connectivity index (χ1) is 10.3. The Kier molecular flexibility index (Phi) is 4.58. The van der Waals surface area contributed by atoms with Gasteiger partial charge in [-0.3, -0.25) is 4.79 Å². The van der Waals surface area contributed by atoms with Crippen LogP contribution in [0.5, 0.6) is 0 Å². The van der Waals surface area contributed by atoms with Crippen LogP contribution in [0.4, 0.5) is 10.1 Å². The summed E-state index contributed by atoms with van der Waals surface area (Å²) >= 11 is 0. The van der Waals surface area contributed by atoms with Crippen LogP contribution in [0.2, 0.25) is 0 Å². The second-order valence-corrected chi connectivity index (χ2v) is 6.93. The van der Waals surface area contributed by atoms with Gasteiger partial charge in [-0.1, -0.05) is 12.1 Å². The van der Waals surface area contributed by atoms with E-state index in [1.165, 1.54) is 56.6 Å². The lowest BCUT2D eigenvalue weighted by atomic mass is 10.2. The van der Waals surface area contributed by atoms with Crippen molar-refractivity contribution in [1.29, 1.82) is 0 Å². The van der Waals surface area contributed by atoms with E-state index in [-0.39, 0.29) is 10.5 Å². The average molecular weight is 322 g/mol. The van der Waals surface area contributed by atoms with Crippen molar-refractivity contribution in [3.05, 3.63) is 59.9 Å². The van der Waals surface area contributed by atoms with Gasteiger partial charge in [0.25, 0.3) is 5.91 Å². The Morgan fingerprint density at radius 3 is 2.41 bits per heavy atom. The van der Waals surface area contributed by atoms with Crippen LogP contribution < -0.4 is 5.32 Å². The topological polar surface area (TPSA) is 66.5 Å². The second-order valence-electron chi connectivity index (χ2n) is 4.78. The van der Waals surface area contributed by atoms with Crippen molar-refractivity contribution >= 4 is 21.6 Å². The lowest BCUT2D eigenvalue weighted by Crippen LogP contribution is -2.22. The maximum absolute atomic E-state index is 13.1. The molecule has 2 rings (SSSR count). The van der Waals surface area contributed by atoms with Crippen LogP contribution in [0.1, 0.15) is 10.4 Å². The van der Waals surface area contributed by atoms with Crippen LogP contribution in [0, 0.1) is 5.82 Å². The van der Waals surface area contributed by atoms with E-state index in [1.54, 1.807) is 6.07 Å². The molecular formula is C15H15FN2O3S. The zero-order valence-electron chi connectivity index (χ0n) is 12.1. The molecule has 1 N–H and O–H groups in total. The van der Waals surface area contributed by atoms with Gasteiger partial charge in [0.2, 0.25) is 10.0 Å².